The van der Waals surface area contributed by atoms with E-state index in [1.165, 1.54) is 0 Å². The quantitative estimate of drug-likeness (QED) is 0.339. The molecule has 0 spiro atoms. The first kappa shape index (κ1) is 22.7. The molecule has 1 amide bonds. The predicted octanol–water partition coefficient (Wildman–Crippen LogP) is 5.22. The number of hydrogen-bond donors (Lipinski definition) is 3. The van der Waals surface area contributed by atoms with Crippen LogP contribution in [0.25, 0.3) is 22.0 Å². The molecule has 1 aliphatic rings. The van der Waals surface area contributed by atoms with Crippen LogP contribution >= 0.6 is 0 Å². The Morgan fingerprint density at radius 1 is 1.09 bits per heavy atom. The maximum absolute atomic E-state index is 12.1. The smallest absolute Gasteiger partial charge is 0.250 e. The maximum atomic E-state index is 12.1. The van der Waals surface area contributed by atoms with E-state index in [-0.39, 0.29) is 12.0 Å². The molecule has 1 fully saturated rings. The fourth-order valence-corrected chi connectivity index (χ4v) is 4.04. The molecule has 0 aliphatic carbocycles. The predicted molar refractivity (Wildman–Crippen MR) is 140 cm³/mol. The summed E-state index contributed by atoms with van der Waals surface area (Å²) in [6.45, 7) is 7.82. The molecule has 176 valence electrons. The summed E-state index contributed by atoms with van der Waals surface area (Å²) in [6, 6.07) is 21.9. The first-order valence-corrected chi connectivity index (χ1v) is 11.6. The number of ether oxygens (including phenoxy) is 1. The summed E-state index contributed by atoms with van der Waals surface area (Å²) in [4.78, 5) is 21.4. The number of carbonyl (C=O) groups excluding carboxylic acids is 1. The lowest BCUT2D eigenvalue weighted by molar-refractivity contribution is -0.112. The van der Waals surface area contributed by atoms with Crippen molar-refractivity contribution < 1.29 is 9.53 Å². The summed E-state index contributed by atoms with van der Waals surface area (Å²) in [6.07, 6.45) is 1.89. The number of hydrogen-bond acceptors (Lipinski definition) is 6. The Morgan fingerprint density at radius 2 is 1.91 bits per heavy atom. The van der Waals surface area contributed by atoms with Gasteiger partial charge in [-0.1, -0.05) is 49.0 Å². The fraction of sp³-hybridized carbons (Fsp3) is 0.179. The van der Waals surface area contributed by atoms with Crippen molar-refractivity contribution in [2.75, 3.05) is 30.3 Å². The van der Waals surface area contributed by atoms with E-state index < -0.39 is 0 Å². The third-order valence-corrected chi connectivity index (χ3v) is 5.90. The van der Waals surface area contributed by atoms with Crippen LogP contribution in [0, 0.1) is 0 Å². The monoisotopic (exact) mass is 465 g/mol. The summed E-state index contributed by atoms with van der Waals surface area (Å²) >= 11 is 0. The van der Waals surface area contributed by atoms with Crippen LogP contribution < -0.4 is 16.0 Å². The summed E-state index contributed by atoms with van der Waals surface area (Å²) in [5.41, 5.74) is 5.94. The van der Waals surface area contributed by atoms with Crippen molar-refractivity contribution in [3.8, 4) is 11.1 Å². The number of anilines is 3. The van der Waals surface area contributed by atoms with Gasteiger partial charge in [0.05, 0.1) is 18.2 Å². The number of benzene rings is 3. The lowest BCUT2D eigenvalue weighted by Crippen LogP contribution is -2.33. The van der Waals surface area contributed by atoms with Crippen molar-refractivity contribution in [3.05, 3.63) is 90.6 Å². The van der Waals surface area contributed by atoms with E-state index in [9.17, 15) is 4.79 Å². The van der Waals surface area contributed by atoms with Crippen molar-refractivity contribution in [3.63, 3.8) is 0 Å². The van der Waals surface area contributed by atoms with Gasteiger partial charge in [-0.3, -0.25) is 4.79 Å². The molecular formula is C28H27N5O2. The topological polar surface area (TPSA) is 88.2 Å². The fourth-order valence-electron chi connectivity index (χ4n) is 4.04. The molecule has 35 heavy (non-hydrogen) atoms. The second kappa shape index (κ2) is 10.0. The minimum absolute atomic E-state index is 0.0771. The second-order valence-electron chi connectivity index (χ2n) is 8.56. The molecule has 7 heteroatoms. The highest BCUT2D eigenvalue weighted by atomic mass is 16.5. The van der Waals surface area contributed by atoms with Crippen LogP contribution in [0.2, 0.25) is 0 Å². The summed E-state index contributed by atoms with van der Waals surface area (Å²) in [7, 11) is 0. The van der Waals surface area contributed by atoms with Crippen molar-refractivity contribution >= 4 is 34.1 Å². The van der Waals surface area contributed by atoms with E-state index >= 15 is 0 Å². The second-order valence-corrected chi connectivity index (χ2v) is 8.56. The number of nitrogens with zero attached hydrogens (tertiary/aromatic N) is 2. The molecule has 0 saturated carbocycles. The highest BCUT2D eigenvalue weighted by Gasteiger charge is 2.15. The van der Waals surface area contributed by atoms with Gasteiger partial charge in [0.15, 0.2) is 0 Å². The lowest BCUT2D eigenvalue weighted by Gasteiger charge is -2.24. The lowest BCUT2D eigenvalue weighted by atomic mass is 10.0. The van der Waals surface area contributed by atoms with Crippen LogP contribution in [0.4, 0.5) is 17.3 Å². The zero-order valence-electron chi connectivity index (χ0n) is 19.5. The highest BCUT2D eigenvalue weighted by Crippen LogP contribution is 2.30. The van der Waals surface area contributed by atoms with E-state index in [1.807, 2.05) is 60.8 Å². The SMILES string of the molecule is C=C(C)C(=O)Nc1cccc(-c2cccc3cnc(Nc4ccc(C5CNCCO5)cc4)nc23)c1. The van der Waals surface area contributed by atoms with Crippen LogP contribution in [0.15, 0.2) is 85.1 Å². The van der Waals surface area contributed by atoms with Gasteiger partial charge in [0.2, 0.25) is 5.95 Å². The minimum atomic E-state index is -0.203. The molecule has 1 aliphatic heterocycles. The van der Waals surface area contributed by atoms with E-state index in [0.29, 0.717) is 17.2 Å². The molecule has 7 nitrogen and oxygen atoms in total. The van der Waals surface area contributed by atoms with E-state index in [1.54, 1.807) is 6.92 Å². The number of amides is 1. The first-order chi connectivity index (χ1) is 17.1. The van der Waals surface area contributed by atoms with Crippen molar-refractivity contribution in [1.82, 2.24) is 15.3 Å². The largest absolute Gasteiger partial charge is 0.371 e. The third-order valence-electron chi connectivity index (χ3n) is 5.90. The van der Waals surface area contributed by atoms with Gasteiger partial charge < -0.3 is 20.7 Å². The third kappa shape index (κ3) is 5.21. The van der Waals surface area contributed by atoms with Gasteiger partial charge in [-0.2, -0.15) is 0 Å². The van der Waals surface area contributed by atoms with E-state index in [4.69, 9.17) is 9.72 Å². The van der Waals surface area contributed by atoms with Gasteiger partial charge in [0, 0.05) is 47.2 Å². The summed E-state index contributed by atoms with van der Waals surface area (Å²) < 4.78 is 5.83. The Hall–Kier alpha value is -4.07. The Kier molecular flexibility index (Phi) is 6.52. The molecule has 1 aromatic heterocycles. The zero-order valence-corrected chi connectivity index (χ0v) is 19.5. The van der Waals surface area contributed by atoms with Crippen molar-refractivity contribution in [2.24, 2.45) is 0 Å². The molecule has 1 atom stereocenters. The zero-order chi connectivity index (χ0) is 24.2. The van der Waals surface area contributed by atoms with E-state index in [2.05, 4.69) is 39.6 Å². The van der Waals surface area contributed by atoms with Crippen LogP contribution in [0.1, 0.15) is 18.6 Å². The standard InChI is InChI=1S/C28H27N5O2/c1-18(2)27(34)31-23-7-3-5-20(15-23)24-8-4-6-21-16-30-28(33-26(21)24)32-22-11-9-19(10-12-22)25-17-29-13-14-35-25/h3-12,15-16,25,29H,1,13-14,17H2,2H3,(H,31,34)(H,30,32,33). The number of nitrogens with one attached hydrogen (secondary N) is 3. The summed E-state index contributed by atoms with van der Waals surface area (Å²) in [5, 5.41) is 10.5. The average Bonchev–Trinajstić information content (AvgIpc) is 2.89. The highest BCUT2D eigenvalue weighted by molar-refractivity contribution is 6.03. The summed E-state index contributed by atoms with van der Waals surface area (Å²) in [5.74, 6) is 0.311. The Balaban J connectivity index is 1.41. The first-order valence-electron chi connectivity index (χ1n) is 11.6. The Labute approximate surface area is 204 Å². The normalized spacial score (nSPS) is 15.5. The van der Waals surface area contributed by atoms with E-state index in [0.717, 1.165) is 53.0 Å². The van der Waals surface area contributed by atoms with Gasteiger partial charge in [-0.25, -0.2) is 9.97 Å². The maximum Gasteiger partial charge on any atom is 0.250 e. The molecule has 2 heterocycles. The number of morpholine rings is 1. The molecule has 3 N–H and O–H groups in total. The molecule has 0 radical (unpaired) electrons. The van der Waals surface area contributed by atoms with Crippen LogP contribution in [0.5, 0.6) is 0 Å². The number of aromatic nitrogens is 2. The van der Waals surface area contributed by atoms with Gasteiger partial charge >= 0.3 is 0 Å². The van der Waals surface area contributed by atoms with Crippen molar-refractivity contribution in [1.29, 1.82) is 0 Å². The molecule has 4 aromatic rings. The minimum Gasteiger partial charge on any atom is -0.371 e. The molecule has 3 aromatic carbocycles. The van der Waals surface area contributed by atoms with Gasteiger partial charge in [-0.15, -0.1) is 0 Å². The van der Waals surface area contributed by atoms with Crippen LogP contribution in [-0.4, -0.2) is 35.6 Å². The van der Waals surface area contributed by atoms with Crippen molar-refractivity contribution in [2.45, 2.75) is 13.0 Å². The number of rotatable bonds is 6. The van der Waals surface area contributed by atoms with Gasteiger partial charge in [0.1, 0.15) is 0 Å². The van der Waals surface area contributed by atoms with Crippen LogP contribution in [-0.2, 0) is 9.53 Å². The number of carbonyl (C=O) groups is 1. The molecule has 5 rings (SSSR count). The van der Waals surface area contributed by atoms with Gasteiger partial charge in [-0.05, 0) is 42.3 Å². The van der Waals surface area contributed by atoms with Gasteiger partial charge in [0.25, 0.3) is 5.91 Å². The molecule has 1 unspecified atom stereocenters. The number of para-hydroxylation sites is 1. The number of fused-ring (bicyclic) bond motifs is 1. The molecule has 1 saturated heterocycles. The Bertz CT molecular complexity index is 1380. The Morgan fingerprint density at radius 3 is 2.69 bits per heavy atom. The molecular weight excluding hydrogens is 438 g/mol. The average molecular weight is 466 g/mol. The molecule has 0 bridgehead atoms. The van der Waals surface area contributed by atoms with Crippen LogP contribution in [0.3, 0.4) is 0 Å².